The van der Waals surface area contributed by atoms with Gasteiger partial charge in [-0.3, -0.25) is 0 Å². The molecule has 0 amide bonds. The first-order chi connectivity index (χ1) is 52.5. The highest BCUT2D eigenvalue weighted by Gasteiger charge is 2.22. The van der Waals surface area contributed by atoms with Gasteiger partial charge in [-0.25, -0.2) is 9.97 Å². The van der Waals surface area contributed by atoms with Crippen molar-refractivity contribution >= 4 is 142 Å². The second kappa shape index (κ2) is 22.6. The third kappa shape index (κ3) is 8.95. The van der Waals surface area contributed by atoms with Crippen molar-refractivity contribution in [3.8, 4) is 84.2 Å². The number of fused-ring (bicyclic) bond motifs is 19. The monoisotopic (exact) mass is 1350 g/mol. The van der Waals surface area contributed by atoms with E-state index in [2.05, 4.69) is 323 Å². The normalized spacial score (nSPS) is 12.2. The van der Waals surface area contributed by atoms with Gasteiger partial charge in [0, 0.05) is 98.2 Å². The van der Waals surface area contributed by atoms with E-state index in [0.29, 0.717) is 5.82 Å². The topological polar surface area (TPSA) is 80.0 Å². The fourth-order valence-electron chi connectivity index (χ4n) is 17.0. The number of furan rings is 3. The number of hydrogen-bond donors (Lipinski definition) is 0. The van der Waals surface area contributed by atoms with Crippen molar-refractivity contribution in [1.29, 1.82) is 0 Å². The van der Waals surface area contributed by atoms with Crippen molar-refractivity contribution < 1.29 is 13.3 Å². The molecule has 0 aliphatic heterocycles. The summed E-state index contributed by atoms with van der Waals surface area (Å²) < 4.78 is 25.9. The summed E-state index contributed by atoms with van der Waals surface area (Å²) in [6.07, 6.45) is 0. The van der Waals surface area contributed by atoms with E-state index in [-0.39, 0.29) is 0 Å². The van der Waals surface area contributed by atoms with Crippen LogP contribution in [0.2, 0.25) is 0 Å². The van der Waals surface area contributed by atoms with E-state index in [4.69, 9.17) is 23.2 Å². The first kappa shape index (κ1) is 58.3. The molecule has 0 saturated carbocycles. The number of para-hydroxylation sites is 6. The highest BCUT2D eigenvalue weighted by Crippen LogP contribution is 2.44. The largest absolute Gasteiger partial charge is 0.456 e. The third-order valence-electron chi connectivity index (χ3n) is 22.0. The number of hydrogen-bond acceptors (Lipinski definition) is 5. The summed E-state index contributed by atoms with van der Waals surface area (Å²) in [5.74, 6) is 0.638. The van der Waals surface area contributed by atoms with E-state index in [1.807, 2.05) is 36.4 Å². The number of nitrogens with zero attached hydrogens (tertiary/aromatic N) is 5. The molecule has 492 valence electrons. The summed E-state index contributed by atoms with van der Waals surface area (Å²) in [6, 6.07) is 125. The van der Waals surface area contributed by atoms with Gasteiger partial charge in [-0.2, -0.15) is 0 Å². The average molecular weight is 1350 g/mol. The minimum Gasteiger partial charge on any atom is -0.456 e. The molecule has 7 aromatic heterocycles. The van der Waals surface area contributed by atoms with Crippen LogP contribution in [0.1, 0.15) is 0 Å². The Hall–Kier alpha value is -14.3. The summed E-state index contributed by atoms with van der Waals surface area (Å²) in [7, 11) is 0. The predicted molar refractivity (Wildman–Crippen MR) is 437 cm³/mol. The zero-order valence-electron chi connectivity index (χ0n) is 56.9. The SMILES string of the molecule is c1cc(-c2ccc3nc(-c4ccc(-n5c6ccccc6c6cc(-c7ccc8oc9ccccc9c8c7)ccc65)cc4)nc(-c4cccc(-n5c6ccccc6c6cc(-c7ccc8oc9ccccc9c8c7)ccc65)c4)c3c2)cc(-n2c3ccccc3c3cc(-c4ccc5oc6ccccc6c5c4)ccc32)c1. The van der Waals surface area contributed by atoms with Crippen LogP contribution in [-0.4, -0.2) is 23.7 Å². The highest BCUT2D eigenvalue weighted by atomic mass is 16.3. The van der Waals surface area contributed by atoms with Crippen LogP contribution in [0.15, 0.2) is 359 Å². The minimum atomic E-state index is 0.638. The predicted octanol–water partition coefficient (Wildman–Crippen LogP) is 26.6. The molecule has 0 spiro atoms. The summed E-state index contributed by atoms with van der Waals surface area (Å²) in [6.45, 7) is 0. The van der Waals surface area contributed by atoms with Gasteiger partial charge in [-0.1, -0.05) is 176 Å². The van der Waals surface area contributed by atoms with Gasteiger partial charge in [-0.05, 0) is 214 Å². The molecular weight excluding hydrogens is 1300 g/mol. The van der Waals surface area contributed by atoms with Gasteiger partial charge in [0.25, 0.3) is 0 Å². The van der Waals surface area contributed by atoms with Crippen molar-refractivity contribution in [2.45, 2.75) is 0 Å². The maximum atomic E-state index is 6.26. The molecule has 16 aromatic carbocycles. The Labute approximate surface area is 605 Å². The Balaban J connectivity index is 0.650. The molecular formula is C98H57N5O3. The molecule has 8 nitrogen and oxygen atoms in total. The van der Waals surface area contributed by atoms with Crippen molar-refractivity contribution in [3.63, 3.8) is 0 Å². The first-order valence-electron chi connectivity index (χ1n) is 36.0. The second-order valence-electron chi connectivity index (χ2n) is 28.0. The third-order valence-corrected chi connectivity index (χ3v) is 22.0. The lowest BCUT2D eigenvalue weighted by atomic mass is 9.99. The Morgan fingerprint density at radius 1 is 0.179 bits per heavy atom. The molecule has 0 N–H and O–H groups in total. The van der Waals surface area contributed by atoms with Crippen LogP contribution in [-0.2, 0) is 0 Å². The summed E-state index contributed by atoms with van der Waals surface area (Å²) in [5.41, 5.74) is 27.8. The van der Waals surface area contributed by atoms with Crippen molar-refractivity contribution in [1.82, 2.24) is 23.7 Å². The molecule has 23 aromatic rings. The first-order valence-corrected chi connectivity index (χ1v) is 36.0. The molecule has 0 saturated heterocycles. The van der Waals surface area contributed by atoms with E-state index in [1.54, 1.807) is 0 Å². The molecule has 0 radical (unpaired) electrons. The lowest BCUT2D eigenvalue weighted by molar-refractivity contribution is 0.668. The van der Waals surface area contributed by atoms with E-state index in [9.17, 15) is 0 Å². The Kier molecular flexibility index (Phi) is 12.4. The lowest BCUT2D eigenvalue weighted by Gasteiger charge is -2.15. The van der Waals surface area contributed by atoms with Crippen molar-refractivity contribution in [2.24, 2.45) is 0 Å². The summed E-state index contributed by atoms with van der Waals surface area (Å²) in [4.78, 5) is 11.2. The molecule has 106 heavy (non-hydrogen) atoms. The van der Waals surface area contributed by atoms with Crippen LogP contribution in [0.25, 0.3) is 226 Å². The van der Waals surface area contributed by atoms with Crippen LogP contribution in [0, 0.1) is 0 Å². The van der Waals surface area contributed by atoms with E-state index in [0.717, 1.165) is 188 Å². The van der Waals surface area contributed by atoms with Crippen LogP contribution in [0.4, 0.5) is 0 Å². The van der Waals surface area contributed by atoms with Crippen LogP contribution in [0.5, 0.6) is 0 Å². The molecule has 0 aliphatic rings. The van der Waals surface area contributed by atoms with E-state index >= 15 is 0 Å². The number of rotatable bonds is 9. The van der Waals surface area contributed by atoms with Gasteiger partial charge < -0.3 is 27.0 Å². The van der Waals surface area contributed by atoms with Crippen molar-refractivity contribution in [2.75, 3.05) is 0 Å². The fourth-order valence-corrected chi connectivity index (χ4v) is 17.0. The van der Waals surface area contributed by atoms with Gasteiger partial charge in [0.2, 0.25) is 0 Å². The number of aromatic nitrogens is 5. The molecule has 0 aliphatic carbocycles. The van der Waals surface area contributed by atoms with Crippen LogP contribution >= 0.6 is 0 Å². The van der Waals surface area contributed by atoms with Gasteiger partial charge >= 0.3 is 0 Å². The Bertz CT molecular complexity index is 7660. The molecule has 23 rings (SSSR count). The molecule has 8 heteroatoms. The second-order valence-corrected chi connectivity index (χ2v) is 28.0. The van der Waals surface area contributed by atoms with Crippen LogP contribution in [0.3, 0.4) is 0 Å². The summed E-state index contributed by atoms with van der Waals surface area (Å²) in [5, 5.41) is 14.7. The molecule has 0 bridgehead atoms. The lowest BCUT2D eigenvalue weighted by Crippen LogP contribution is -1.99. The van der Waals surface area contributed by atoms with Gasteiger partial charge in [0.05, 0.1) is 44.3 Å². The summed E-state index contributed by atoms with van der Waals surface area (Å²) >= 11 is 0. The Morgan fingerprint density at radius 2 is 0.491 bits per heavy atom. The zero-order chi connectivity index (χ0) is 69.2. The molecule has 0 unspecified atom stereocenters. The average Bonchev–Trinajstić information content (AvgIpc) is 1.64. The highest BCUT2D eigenvalue weighted by molar-refractivity contribution is 6.15. The standard InChI is InChI=1S/C98H57N5O3/c1-7-25-85-71(19-1)77-51-61(64-37-46-94-80(54-64)74-22-4-10-28-91(74)104-94)34-43-88(77)101(85)68-40-31-58(32-41-68)98-99-84-42-33-60(59-15-13-17-69(49-59)102-86-26-8-2-20-72(86)78-52-62(35-44-89(78)102)65-38-47-95-81(55-65)75-23-5-11-29-92(75)105-95)57-83(84)97(100-98)67-16-14-18-70(50-67)103-87-27-9-3-21-73(87)79-53-63(36-45-90(79)103)66-39-48-96-82(56-66)76-24-6-12-30-93(76)106-96/h1-57H. The molecule has 0 atom stereocenters. The fraction of sp³-hybridized carbons (Fsp3) is 0. The maximum absolute atomic E-state index is 6.26. The van der Waals surface area contributed by atoms with E-state index < -0.39 is 0 Å². The maximum Gasteiger partial charge on any atom is 0.160 e. The molecule has 0 fully saturated rings. The number of benzene rings is 16. The van der Waals surface area contributed by atoms with Crippen molar-refractivity contribution in [3.05, 3.63) is 346 Å². The smallest absolute Gasteiger partial charge is 0.160 e. The minimum absolute atomic E-state index is 0.638. The molecule has 7 heterocycles. The van der Waals surface area contributed by atoms with Crippen LogP contribution < -0.4 is 0 Å². The zero-order valence-corrected chi connectivity index (χ0v) is 56.9. The van der Waals surface area contributed by atoms with E-state index in [1.165, 1.54) is 32.3 Å². The van der Waals surface area contributed by atoms with Gasteiger partial charge in [0.1, 0.15) is 33.5 Å². The Morgan fingerprint density at radius 3 is 0.934 bits per heavy atom. The van der Waals surface area contributed by atoms with Gasteiger partial charge in [0.15, 0.2) is 5.82 Å². The van der Waals surface area contributed by atoms with Gasteiger partial charge in [-0.15, -0.1) is 0 Å². The quantitative estimate of drug-likeness (QED) is 0.144.